The zero-order chi connectivity index (χ0) is 16.4. The first-order valence-corrected chi connectivity index (χ1v) is 8.87. The third kappa shape index (κ3) is 3.13. The number of thioether (sulfide) groups is 1. The Balaban J connectivity index is 2.00. The Morgan fingerprint density at radius 2 is 1.96 bits per heavy atom. The number of hydrogen-bond donors (Lipinski definition) is 1. The van der Waals surface area contributed by atoms with Crippen molar-refractivity contribution in [1.82, 2.24) is 0 Å². The van der Waals surface area contributed by atoms with Crippen molar-refractivity contribution in [2.45, 2.75) is 19.6 Å². The second-order valence-corrected chi connectivity index (χ2v) is 6.48. The number of rotatable bonds is 4. The second-order valence-electron chi connectivity index (χ2n) is 5.61. The molecule has 0 bridgehead atoms. The van der Waals surface area contributed by atoms with E-state index in [4.69, 9.17) is 4.42 Å². The number of furan rings is 1. The maximum Gasteiger partial charge on any atom is 0.291 e. The Morgan fingerprint density at radius 1 is 1.17 bits per heavy atom. The molecule has 3 nitrogen and oxygen atoms in total. The van der Waals surface area contributed by atoms with Crippen LogP contribution in [0, 0.1) is 13.8 Å². The maximum atomic E-state index is 12.7. The van der Waals surface area contributed by atoms with E-state index < -0.39 is 0 Å². The van der Waals surface area contributed by atoms with Crippen LogP contribution in [0.3, 0.4) is 0 Å². The van der Waals surface area contributed by atoms with E-state index in [1.54, 1.807) is 11.8 Å². The largest absolute Gasteiger partial charge is 0.451 e. The zero-order valence-electron chi connectivity index (χ0n) is 13.5. The van der Waals surface area contributed by atoms with Gasteiger partial charge in [0.25, 0.3) is 5.91 Å². The Morgan fingerprint density at radius 3 is 2.74 bits per heavy atom. The number of carbonyl (C=O) groups excluding carboxylic acids is 1. The summed E-state index contributed by atoms with van der Waals surface area (Å²) in [5.41, 5.74) is 4.68. The van der Waals surface area contributed by atoms with Crippen LogP contribution in [-0.4, -0.2) is 12.2 Å². The lowest BCUT2D eigenvalue weighted by Crippen LogP contribution is -2.13. The number of para-hydroxylation sites is 1. The second kappa shape index (κ2) is 6.50. The summed E-state index contributed by atoms with van der Waals surface area (Å²) in [5.74, 6) is 0.951. The first-order chi connectivity index (χ1) is 11.1. The molecule has 0 aliphatic heterocycles. The number of hydrogen-bond acceptors (Lipinski definition) is 3. The minimum absolute atomic E-state index is 0.195. The normalized spacial score (nSPS) is 10.9. The van der Waals surface area contributed by atoms with Crippen LogP contribution in [0.5, 0.6) is 0 Å². The summed E-state index contributed by atoms with van der Waals surface area (Å²) in [5, 5.41) is 3.99. The van der Waals surface area contributed by atoms with Crippen molar-refractivity contribution in [1.29, 1.82) is 0 Å². The van der Waals surface area contributed by atoms with Gasteiger partial charge < -0.3 is 9.73 Å². The van der Waals surface area contributed by atoms with Crippen LogP contribution in [0.25, 0.3) is 11.0 Å². The average molecular weight is 325 g/mol. The van der Waals surface area contributed by atoms with Gasteiger partial charge in [0.2, 0.25) is 0 Å². The lowest BCUT2D eigenvalue weighted by atomic mass is 10.1. The molecule has 1 N–H and O–H groups in total. The van der Waals surface area contributed by atoms with Gasteiger partial charge in [0, 0.05) is 22.4 Å². The first kappa shape index (κ1) is 15.7. The highest BCUT2D eigenvalue weighted by atomic mass is 32.2. The van der Waals surface area contributed by atoms with Gasteiger partial charge in [-0.3, -0.25) is 4.79 Å². The molecule has 23 heavy (non-hydrogen) atoms. The molecule has 0 unspecified atom stereocenters. The number of carbonyl (C=O) groups is 1. The Hall–Kier alpha value is -2.20. The van der Waals surface area contributed by atoms with Crippen LogP contribution in [0.1, 0.15) is 27.2 Å². The predicted octanol–water partition coefficient (Wildman–Crippen LogP) is 5.16. The lowest BCUT2D eigenvalue weighted by molar-refractivity contribution is 0.0997. The van der Waals surface area contributed by atoms with E-state index in [-0.39, 0.29) is 5.91 Å². The van der Waals surface area contributed by atoms with E-state index in [0.717, 1.165) is 39.1 Å². The Labute approximate surface area is 140 Å². The highest BCUT2D eigenvalue weighted by Gasteiger charge is 2.20. The van der Waals surface area contributed by atoms with Crippen LogP contribution < -0.4 is 5.32 Å². The van der Waals surface area contributed by atoms with Gasteiger partial charge in [-0.15, -0.1) is 0 Å². The predicted molar refractivity (Wildman–Crippen MR) is 97.3 cm³/mol. The molecule has 0 saturated heterocycles. The van der Waals surface area contributed by atoms with Crippen LogP contribution in [0.4, 0.5) is 5.69 Å². The molecule has 0 fully saturated rings. The van der Waals surface area contributed by atoms with Gasteiger partial charge in [0.05, 0.1) is 0 Å². The van der Waals surface area contributed by atoms with Crippen molar-refractivity contribution in [2.24, 2.45) is 0 Å². The van der Waals surface area contributed by atoms with Gasteiger partial charge >= 0.3 is 0 Å². The molecule has 0 atom stereocenters. The smallest absolute Gasteiger partial charge is 0.291 e. The van der Waals surface area contributed by atoms with Crippen molar-refractivity contribution >= 4 is 34.3 Å². The molecule has 3 rings (SSSR count). The van der Waals surface area contributed by atoms with Crippen LogP contribution in [-0.2, 0) is 5.75 Å². The van der Waals surface area contributed by atoms with E-state index >= 15 is 0 Å². The maximum absolute atomic E-state index is 12.7. The van der Waals surface area contributed by atoms with Crippen molar-refractivity contribution < 1.29 is 9.21 Å². The van der Waals surface area contributed by atoms with Crippen LogP contribution >= 0.6 is 11.8 Å². The zero-order valence-corrected chi connectivity index (χ0v) is 14.3. The van der Waals surface area contributed by atoms with Crippen molar-refractivity contribution in [3.63, 3.8) is 0 Å². The van der Waals surface area contributed by atoms with Crippen molar-refractivity contribution in [3.05, 3.63) is 64.9 Å². The van der Waals surface area contributed by atoms with E-state index in [0.29, 0.717) is 5.76 Å². The van der Waals surface area contributed by atoms with Gasteiger partial charge in [0.1, 0.15) is 5.58 Å². The highest BCUT2D eigenvalue weighted by molar-refractivity contribution is 7.97. The monoisotopic (exact) mass is 325 g/mol. The molecule has 0 aliphatic carbocycles. The summed E-state index contributed by atoms with van der Waals surface area (Å²) < 4.78 is 5.83. The molecule has 0 saturated carbocycles. The SMILES string of the molecule is CSCc1c(C(=O)Nc2cc(C)ccc2C)oc2ccccc12. The van der Waals surface area contributed by atoms with E-state index in [1.807, 2.05) is 62.6 Å². The molecule has 2 aromatic carbocycles. The Bertz CT molecular complexity index is 867. The number of fused-ring (bicyclic) bond motifs is 1. The van der Waals surface area contributed by atoms with Crippen LogP contribution in [0.2, 0.25) is 0 Å². The quantitative estimate of drug-likeness (QED) is 0.720. The average Bonchev–Trinajstić information content (AvgIpc) is 2.90. The van der Waals surface area contributed by atoms with Crippen molar-refractivity contribution in [2.75, 3.05) is 11.6 Å². The lowest BCUT2D eigenvalue weighted by Gasteiger charge is -2.09. The minimum atomic E-state index is -0.195. The third-order valence-electron chi connectivity index (χ3n) is 3.83. The summed E-state index contributed by atoms with van der Waals surface area (Å²) in [6.45, 7) is 3.99. The fraction of sp³-hybridized carbons (Fsp3) is 0.211. The summed E-state index contributed by atoms with van der Waals surface area (Å²) in [4.78, 5) is 12.7. The van der Waals surface area contributed by atoms with E-state index in [1.165, 1.54) is 0 Å². The Kier molecular flexibility index (Phi) is 4.44. The molecule has 3 aromatic rings. The number of amides is 1. The summed E-state index contributed by atoms with van der Waals surface area (Å²) in [6.07, 6.45) is 2.02. The standard InChI is InChI=1S/C19H19NO2S/c1-12-8-9-13(2)16(10-12)20-19(21)18-15(11-23-3)14-6-4-5-7-17(14)22-18/h4-10H,11H2,1-3H3,(H,20,21). The van der Waals surface area contributed by atoms with Gasteiger partial charge in [-0.25, -0.2) is 0 Å². The third-order valence-corrected chi connectivity index (χ3v) is 4.41. The van der Waals surface area contributed by atoms with Gasteiger partial charge in [-0.1, -0.05) is 30.3 Å². The fourth-order valence-electron chi connectivity index (χ4n) is 2.62. The molecule has 0 spiro atoms. The molecule has 1 aromatic heterocycles. The molecule has 0 radical (unpaired) electrons. The summed E-state index contributed by atoms with van der Waals surface area (Å²) >= 11 is 1.68. The number of anilines is 1. The molecule has 118 valence electrons. The number of nitrogens with one attached hydrogen (secondary N) is 1. The highest BCUT2D eigenvalue weighted by Crippen LogP contribution is 2.29. The number of benzene rings is 2. The van der Waals surface area contributed by atoms with Gasteiger partial charge in [-0.05, 0) is 43.4 Å². The first-order valence-electron chi connectivity index (χ1n) is 7.48. The molecule has 1 amide bonds. The summed E-state index contributed by atoms with van der Waals surface area (Å²) in [7, 11) is 0. The topological polar surface area (TPSA) is 42.2 Å². The van der Waals surface area contributed by atoms with Gasteiger partial charge in [-0.2, -0.15) is 11.8 Å². The fourth-order valence-corrected chi connectivity index (χ4v) is 3.19. The molecule has 0 aliphatic rings. The molecule has 4 heteroatoms. The number of aryl methyl sites for hydroxylation is 2. The molecular formula is C19H19NO2S. The molecular weight excluding hydrogens is 306 g/mol. The van der Waals surface area contributed by atoms with Crippen LogP contribution in [0.15, 0.2) is 46.9 Å². The minimum Gasteiger partial charge on any atom is -0.451 e. The van der Waals surface area contributed by atoms with E-state index in [9.17, 15) is 4.79 Å². The van der Waals surface area contributed by atoms with E-state index in [2.05, 4.69) is 5.32 Å². The van der Waals surface area contributed by atoms with Crippen molar-refractivity contribution in [3.8, 4) is 0 Å². The molecule has 1 heterocycles. The summed E-state index contributed by atoms with van der Waals surface area (Å²) in [6, 6.07) is 13.8. The van der Waals surface area contributed by atoms with Gasteiger partial charge in [0.15, 0.2) is 5.76 Å².